The first-order valence-electron chi connectivity index (χ1n) is 8.82. The maximum absolute atomic E-state index is 6.02. The number of hydrogen-bond acceptors (Lipinski definition) is 2. The average Bonchev–Trinajstić information content (AvgIpc) is 3.07. The van der Waals surface area contributed by atoms with Crippen LogP contribution in [0.2, 0.25) is 0 Å². The number of guanidine groups is 1. The molecule has 5 heteroatoms. The molecule has 1 spiro atoms. The first-order valence-corrected chi connectivity index (χ1v) is 8.82. The highest BCUT2D eigenvalue weighted by molar-refractivity contribution is 5.80. The largest absolute Gasteiger partial charge is 0.377 e. The van der Waals surface area contributed by atoms with Gasteiger partial charge in [-0.2, -0.15) is 0 Å². The molecule has 3 fully saturated rings. The van der Waals surface area contributed by atoms with Gasteiger partial charge in [-0.25, -0.2) is 0 Å². The van der Waals surface area contributed by atoms with E-state index in [9.17, 15) is 0 Å². The highest BCUT2D eigenvalue weighted by Gasteiger charge is 2.66. The number of aryl methyl sites for hydroxylation is 1. The van der Waals surface area contributed by atoms with E-state index in [1.807, 2.05) is 7.05 Å². The summed E-state index contributed by atoms with van der Waals surface area (Å²) in [4.78, 5) is 6.77. The minimum absolute atomic E-state index is 0.392. The highest BCUT2D eigenvalue weighted by atomic mass is 16.5. The van der Waals surface area contributed by atoms with Crippen molar-refractivity contribution in [3.63, 3.8) is 0 Å². The fourth-order valence-electron chi connectivity index (χ4n) is 4.92. The van der Waals surface area contributed by atoms with Crippen LogP contribution in [0.1, 0.15) is 31.4 Å². The van der Waals surface area contributed by atoms with E-state index >= 15 is 0 Å². The van der Waals surface area contributed by atoms with Gasteiger partial charge in [-0.15, -0.1) is 0 Å². The Hall–Kier alpha value is -1.49. The first-order chi connectivity index (χ1) is 11.2. The van der Waals surface area contributed by atoms with E-state index in [0.717, 1.165) is 19.1 Å². The Labute approximate surface area is 138 Å². The summed E-state index contributed by atoms with van der Waals surface area (Å²) in [5.74, 6) is 1.68. The van der Waals surface area contributed by atoms with Crippen LogP contribution >= 0.6 is 0 Å². The molecule has 4 rings (SSSR count). The van der Waals surface area contributed by atoms with Crippen molar-refractivity contribution in [3.05, 3.63) is 24.0 Å². The number of hydrogen-bond donors (Lipinski definition) is 1. The summed E-state index contributed by atoms with van der Waals surface area (Å²) in [7, 11) is 6.10. The van der Waals surface area contributed by atoms with Gasteiger partial charge in [-0.05, 0) is 31.4 Å². The predicted molar refractivity (Wildman–Crippen MR) is 91.3 cm³/mol. The number of nitrogens with zero attached hydrogens (tertiary/aromatic N) is 3. The van der Waals surface area contributed by atoms with E-state index in [1.54, 1.807) is 0 Å². The van der Waals surface area contributed by atoms with E-state index in [-0.39, 0.29) is 0 Å². The molecule has 1 saturated heterocycles. The van der Waals surface area contributed by atoms with Gasteiger partial charge >= 0.3 is 0 Å². The molecule has 1 aliphatic heterocycles. The second-order valence-electron chi connectivity index (χ2n) is 7.47. The van der Waals surface area contributed by atoms with Crippen LogP contribution in [-0.2, 0) is 18.3 Å². The molecule has 0 amide bonds. The molecule has 1 N–H and O–H groups in total. The molecule has 3 atom stereocenters. The molecule has 23 heavy (non-hydrogen) atoms. The van der Waals surface area contributed by atoms with Gasteiger partial charge in [0.1, 0.15) is 0 Å². The summed E-state index contributed by atoms with van der Waals surface area (Å²) < 4.78 is 8.19. The lowest BCUT2D eigenvalue weighted by molar-refractivity contribution is -0.171. The van der Waals surface area contributed by atoms with Crippen LogP contribution in [0.4, 0.5) is 0 Å². The number of fused-ring (bicyclic) bond motifs is 2. The van der Waals surface area contributed by atoms with Gasteiger partial charge < -0.3 is 19.5 Å². The van der Waals surface area contributed by atoms with Crippen molar-refractivity contribution in [2.24, 2.45) is 23.4 Å². The zero-order valence-electron chi connectivity index (χ0n) is 14.5. The molecule has 3 unspecified atom stereocenters. The smallest absolute Gasteiger partial charge is 0.193 e. The molecule has 126 valence electrons. The molecule has 1 aromatic heterocycles. The average molecular weight is 316 g/mol. The Balaban J connectivity index is 1.45. The number of aromatic nitrogens is 1. The summed E-state index contributed by atoms with van der Waals surface area (Å²) >= 11 is 0. The summed E-state index contributed by atoms with van der Waals surface area (Å²) in [6, 6.07) is 4.80. The van der Waals surface area contributed by atoms with Crippen LogP contribution < -0.4 is 5.32 Å². The molecule has 5 nitrogen and oxygen atoms in total. The third-order valence-corrected chi connectivity index (χ3v) is 6.34. The normalized spacial score (nSPS) is 31.4. The van der Waals surface area contributed by atoms with Crippen LogP contribution in [0.3, 0.4) is 0 Å². The van der Waals surface area contributed by atoms with Crippen LogP contribution in [0.15, 0.2) is 23.3 Å². The van der Waals surface area contributed by atoms with E-state index in [0.29, 0.717) is 23.5 Å². The fraction of sp³-hybridized carbons (Fsp3) is 0.722. The number of nitrogens with one attached hydrogen (secondary N) is 1. The Kier molecular flexibility index (Phi) is 3.63. The lowest BCUT2D eigenvalue weighted by Crippen LogP contribution is -2.72. The highest BCUT2D eigenvalue weighted by Crippen LogP contribution is 2.62. The quantitative estimate of drug-likeness (QED) is 0.685. The van der Waals surface area contributed by atoms with Crippen LogP contribution in [-0.4, -0.2) is 48.3 Å². The van der Waals surface area contributed by atoms with Crippen molar-refractivity contribution in [2.75, 3.05) is 20.7 Å². The zero-order chi connectivity index (χ0) is 16.0. The van der Waals surface area contributed by atoms with Crippen LogP contribution in [0.25, 0.3) is 0 Å². The SMILES string of the molecule is CN=C(NC1C2CCOC2C12CCC2)N(C)Cc1cccn1C. The van der Waals surface area contributed by atoms with E-state index in [2.05, 4.69) is 52.2 Å². The van der Waals surface area contributed by atoms with Crippen molar-refractivity contribution in [1.82, 2.24) is 14.8 Å². The molecule has 2 saturated carbocycles. The molecule has 0 bridgehead atoms. The molecule has 0 radical (unpaired) electrons. The molecule has 1 aromatic rings. The summed E-state index contributed by atoms with van der Waals surface area (Å²) in [6.07, 6.45) is 7.76. The topological polar surface area (TPSA) is 41.8 Å². The summed E-state index contributed by atoms with van der Waals surface area (Å²) in [6.45, 7) is 1.81. The Morgan fingerprint density at radius 1 is 1.52 bits per heavy atom. The van der Waals surface area contributed by atoms with E-state index < -0.39 is 0 Å². The fourth-order valence-corrected chi connectivity index (χ4v) is 4.92. The van der Waals surface area contributed by atoms with E-state index in [1.165, 1.54) is 31.4 Å². The number of ether oxygens (including phenoxy) is 1. The lowest BCUT2D eigenvalue weighted by Gasteiger charge is -2.63. The molecular weight excluding hydrogens is 288 g/mol. The maximum Gasteiger partial charge on any atom is 0.193 e. The molecular formula is C18H28N4O. The van der Waals surface area contributed by atoms with Crippen molar-refractivity contribution in [1.29, 1.82) is 0 Å². The number of rotatable bonds is 3. The maximum atomic E-state index is 6.02. The lowest BCUT2D eigenvalue weighted by atomic mass is 9.46. The van der Waals surface area contributed by atoms with Crippen molar-refractivity contribution >= 4 is 5.96 Å². The van der Waals surface area contributed by atoms with Crippen LogP contribution in [0.5, 0.6) is 0 Å². The van der Waals surface area contributed by atoms with Crippen molar-refractivity contribution in [2.45, 2.75) is 44.4 Å². The molecule has 2 aliphatic carbocycles. The Morgan fingerprint density at radius 3 is 2.96 bits per heavy atom. The standard InChI is InChI=1S/C18H28N4O/c1-19-17(22(3)12-13-6-4-10-21(13)2)20-15-14-7-11-23-16(14)18(15)8-5-9-18/h4,6,10,14-16H,5,7-9,11-12H2,1-3H3,(H,19,20). The van der Waals surface area contributed by atoms with Crippen LogP contribution in [0, 0.1) is 11.3 Å². The van der Waals surface area contributed by atoms with Crippen molar-refractivity contribution in [3.8, 4) is 0 Å². The van der Waals surface area contributed by atoms with Gasteiger partial charge in [-0.1, -0.05) is 6.42 Å². The summed E-state index contributed by atoms with van der Waals surface area (Å²) in [5, 5.41) is 3.79. The third kappa shape index (κ3) is 2.20. The van der Waals surface area contributed by atoms with Gasteiger partial charge in [0.25, 0.3) is 0 Å². The van der Waals surface area contributed by atoms with Gasteiger partial charge in [0, 0.05) is 57.0 Å². The Bertz CT molecular complexity index is 604. The monoisotopic (exact) mass is 316 g/mol. The van der Waals surface area contributed by atoms with Gasteiger partial charge in [0.2, 0.25) is 0 Å². The minimum atomic E-state index is 0.392. The second-order valence-corrected chi connectivity index (χ2v) is 7.47. The van der Waals surface area contributed by atoms with E-state index in [4.69, 9.17) is 4.74 Å². The first kappa shape index (κ1) is 15.1. The minimum Gasteiger partial charge on any atom is -0.377 e. The zero-order valence-corrected chi connectivity index (χ0v) is 14.5. The second kappa shape index (κ2) is 5.55. The van der Waals surface area contributed by atoms with Crippen molar-refractivity contribution < 1.29 is 4.74 Å². The van der Waals surface area contributed by atoms with Gasteiger partial charge in [0.05, 0.1) is 12.6 Å². The van der Waals surface area contributed by atoms with Gasteiger partial charge in [0.15, 0.2) is 5.96 Å². The molecule has 0 aromatic carbocycles. The molecule has 3 aliphatic rings. The predicted octanol–water partition coefficient (Wildman–Crippen LogP) is 1.99. The number of aliphatic imine (C=N–C) groups is 1. The Morgan fingerprint density at radius 2 is 2.35 bits per heavy atom. The molecule has 2 heterocycles. The third-order valence-electron chi connectivity index (χ3n) is 6.34. The van der Waals surface area contributed by atoms with Gasteiger partial charge in [-0.3, -0.25) is 4.99 Å². The summed E-state index contributed by atoms with van der Waals surface area (Å²) in [5.41, 5.74) is 1.69.